The topological polar surface area (TPSA) is 84.9 Å². The molecule has 9 heteroatoms. The lowest BCUT2D eigenvalue weighted by Gasteiger charge is -2.36. The van der Waals surface area contributed by atoms with Crippen LogP contribution in [0.4, 0.5) is 11.8 Å². The third kappa shape index (κ3) is 6.19. The lowest BCUT2D eigenvalue weighted by atomic mass is 9.78. The molecular formula is C33H46N6O3. The summed E-state index contributed by atoms with van der Waals surface area (Å²) >= 11 is 0. The molecule has 3 aliphatic rings. The Labute approximate surface area is 250 Å². The van der Waals surface area contributed by atoms with E-state index in [-0.39, 0.29) is 12.2 Å². The fourth-order valence-corrected chi connectivity index (χ4v) is 6.83. The second-order valence-electron chi connectivity index (χ2n) is 12.5. The van der Waals surface area contributed by atoms with E-state index in [1.807, 2.05) is 0 Å². The van der Waals surface area contributed by atoms with E-state index in [2.05, 4.69) is 73.1 Å². The van der Waals surface area contributed by atoms with Crippen LogP contribution in [0.25, 0.3) is 22.3 Å². The molecule has 6 rings (SSSR count). The number of morpholine rings is 2. The van der Waals surface area contributed by atoms with Gasteiger partial charge < -0.3 is 29.3 Å². The van der Waals surface area contributed by atoms with Crippen molar-refractivity contribution in [1.82, 2.24) is 20.3 Å². The van der Waals surface area contributed by atoms with E-state index >= 15 is 0 Å². The average molecular weight is 575 g/mol. The zero-order valence-corrected chi connectivity index (χ0v) is 25.8. The van der Waals surface area contributed by atoms with Gasteiger partial charge in [-0.3, -0.25) is 0 Å². The van der Waals surface area contributed by atoms with E-state index in [4.69, 9.17) is 29.2 Å². The lowest BCUT2D eigenvalue weighted by Crippen LogP contribution is -2.46. The van der Waals surface area contributed by atoms with Gasteiger partial charge in [0.25, 0.3) is 0 Å². The molecule has 2 aromatic heterocycles. The Bertz CT molecular complexity index is 1370. The summed E-state index contributed by atoms with van der Waals surface area (Å²) < 4.78 is 17.4. The summed E-state index contributed by atoms with van der Waals surface area (Å²) in [5.41, 5.74) is 3.82. The minimum absolute atomic E-state index is 0.116. The van der Waals surface area contributed by atoms with Crippen LogP contribution in [0.1, 0.15) is 52.5 Å². The first-order valence-electron chi connectivity index (χ1n) is 15.7. The zero-order valence-electron chi connectivity index (χ0n) is 25.8. The summed E-state index contributed by atoms with van der Waals surface area (Å²) in [6, 6.07) is 11.1. The molecule has 4 heterocycles. The van der Waals surface area contributed by atoms with Gasteiger partial charge in [0.15, 0.2) is 5.65 Å². The number of aromatic nitrogens is 3. The second-order valence-corrected chi connectivity index (χ2v) is 12.5. The summed E-state index contributed by atoms with van der Waals surface area (Å²) in [5.74, 6) is 3.97. The Hall–Kier alpha value is -3.01. The molecule has 5 atom stereocenters. The number of benzene rings is 1. The molecular weight excluding hydrogens is 528 g/mol. The summed E-state index contributed by atoms with van der Waals surface area (Å²) in [4.78, 5) is 19.8. The first-order chi connectivity index (χ1) is 20.4. The summed E-state index contributed by atoms with van der Waals surface area (Å²) in [5, 5.41) is 4.81. The van der Waals surface area contributed by atoms with E-state index in [0.29, 0.717) is 36.8 Å². The summed E-state index contributed by atoms with van der Waals surface area (Å²) in [6.07, 6.45) is 4.08. The van der Waals surface area contributed by atoms with Crippen molar-refractivity contribution >= 4 is 22.8 Å². The van der Waals surface area contributed by atoms with Crippen LogP contribution >= 0.6 is 0 Å². The predicted molar refractivity (Wildman–Crippen MR) is 167 cm³/mol. The smallest absolute Gasteiger partial charge is 0.229 e. The van der Waals surface area contributed by atoms with E-state index in [1.165, 1.54) is 19.3 Å². The van der Waals surface area contributed by atoms with E-state index in [9.17, 15) is 0 Å². The van der Waals surface area contributed by atoms with Crippen molar-refractivity contribution in [3.8, 4) is 17.0 Å². The molecule has 0 bridgehead atoms. The molecule has 2 aliphatic heterocycles. The molecule has 42 heavy (non-hydrogen) atoms. The lowest BCUT2D eigenvalue weighted by molar-refractivity contribution is -0.00570. The maximum absolute atomic E-state index is 5.99. The van der Waals surface area contributed by atoms with Crippen molar-refractivity contribution in [2.45, 2.75) is 71.8 Å². The number of nitrogens with one attached hydrogen (secondary N) is 1. The van der Waals surface area contributed by atoms with Gasteiger partial charge in [-0.05, 0) is 62.4 Å². The molecule has 1 N–H and O–H groups in total. The van der Waals surface area contributed by atoms with Crippen molar-refractivity contribution in [2.75, 3.05) is 56.3 Å². The second kappa shape index (κ2) is 12.7. The largest absolute Gasteiger partial charge is 0.496 e. The van der Waals surface area contributed by atoms with Gasteiger partial charge in [-0.2, -0.15) is 9.97 Å². The SMILES string of the molecule is COc1ccc(-c2ccc3c(N4CCOCC4)nc(N4C[C@@H](C)O[C@@H](C)C4)nc3n2)cc1CNC1CCCC(C)C1C. The van der Waals surface area contributed by atoms with Gasteiger partial charge in [-0.1, -0.05) is 26.7 Å². The highest BCUT2D eigenvalue weighted by Crippen LogP contribution is 2.33. The number of anilines is 2. The fraction of sp³-hybridized carbons (Fsp3) is 0.606. The van der Waals surface area contributed by atoms with E-state index in [0.717, 1.165) is 72.4 Å². The number of nitrogens with zero attached hydrogens (tertiary/aromatic N) is 5. The van der Waals surface area contributed by atoms with Crippen molar-refractivity contribution < 1.29 is 14.2 Å². The number of rotatable bonds is 7. The highest BCUT2D eigenvalue weighted by atomic mass is 16.5. The Balaban J connectivity index is 1.34. The fourth-order valence-electron chi connectivity index (χ4n) is 6.83. The van der Waals surface area contributed by atoms with Crippen molar-refractivity contribution in [2.24, 2.45) is 11.8 Å². The number of methoxy groups -OCH3 is 1. The summed E-state index contributed by atoms with van der Waals surface area (Å²) in [6.45, 7) is 14.2. The maximum Gasteiger partial charge on any atom is 0.229 e. The quantitative estimate of drug-likeness (QED) is 0.416. The molecule has 3 unspecified atom stereocenters. The van der Waals surface area contributed by atoms with Gasteiger partial charge >= 0.3 is 0 Å². The van der Waals surface area contributed by atoms with Gasteiger partial charge in [-0.15, -0.1) is 0 Å². The Morgan fingerprint density at radius 2 is 1.71 bits per heavy atom. The average Bonchev–Trinajstić information content (AvgIpc) is 3.00. The molecule has 3 fully saturated rings. The number of ether oxygens (including phenoxy) is 3. The highest BCUT2D eigenvalue weighted by Gasteiger charge is 2.28. The minimum Gasteiger partial charge on any atom is -0.496 e. The first-order valence-corrected chi connectivity index (χ1v) is 15.7. The summed E-state index contributed by atoms with van der Waals surface area (Å²) in [7, 11) is 1.75. The Kier molecular flexibility index (Phi) is 8.79. The maximum atomic E-state index is 5.99. The van der Waals surface area contributed by atoms with Crippen LogP contribution in [0.5, 0.6) is 5.75 Å². The molecule has 2 saturated heterocycles. The van der Waals surface area contributed by atoms with Crippen LogP contribution in [0.15, 0.2) is 30.3 Å². The zero-order chi connectivity index (χ0) is 29.2. The van der Waals surface area contributed by atoms with Crippen LogP contribution in [-0.2, 0) is 16.0 Å². The van der Waals surface area contributed by atoms with Gasteiger partial charge in [0, 0.05) is 49.9 Å². The molecule has 0 radical (unpaired) electrons. The Morgan fingerprint density at radius 3 is 2.48 bits per heavy atom. The van der Waals surface area contributed by atoms with Crippen LogP contribution in [0, 0.1) is 11.8 Å². The van der Waals surface area contributed by atoms with Crippen LogP contribution in [-0.4, -0.2) is 79.7 Å². The molecule has 0 spiro atoms. The number of fused-ring (bicyclic) bond motifs is 1. The van der Waals surface area contributed by atoms with Crippen LogP contribution in [0.2, 0.25) is 0 Å². The minimum atomic E-state index is 0.116. The van der Waals surface area contributed by atoms with Gasteiger partial charge in [-0.25, -0.2) is 4.98 Å². The van der Waals surface area contributed by atoms with Crippen LogP contribution < -0.4 is 19.9 Å². The molecule has 9 nitrogen and oxygen atoms in total. The first kappa shape index (κ1) is 29.1. The molecule has 3 aromatic rings. The Morgan fingerprint density at radius 1 is 0.929 bits per heavy atom. The molecule has 226 valence electrons. The van der Waals surface area contributed by atoms with Gasteiger partial charge in [0.1, 0.15) is 11.6 Å². The molecule has 1 aliphatic carbocycles. The van der Waals surface area contributed by atoms with Gasteiger partial charge in [0.2, 0.25) is 5.95 Å². The monoisotopic (exact) mass is 574 g/mol. The molecule has 1 aromatic carbocycles. The van der Waals surface area contributed by atoms with Crippen molar-refractivity contribution in [3.05, 3.63) is 35.9 Å². The van der Waals surface area contributed by atoms with Crippen molar-refractivity contribution in [1.29, 1.82) is 0 Å². The number of hydrogen-bond donors (Lipinski definition) is 1. The third-order valence-corrected chi connectivity index (χ3v) is 9.38. The van der Waals surface area contributed by atoms with Crippen LogP contribution in [0.3, 0.4) is 0 Å². The molecule has 1 saturated carbocycles. The molecule has 0 amide bonds. The third-order valence-electron chi connectivity index (χ3n) is 9.38. The van der Waals surface area contributed by atoms with Crippen molar-refractivity contribution in [3.63, 3.8) is 0 Å². The van der Waals surface area contributed by atoms with E-state index < -0.39 is 0 Å². The number of hydrogen-bond acceptors (Lipinski definition) is 9. The highest BCUT2D eigenvalue weighted by molar-refractivity contribution is 5.90. The predicted octanol–water partition coefficient (Wildman–Crippen LogP) is 5.06. The van der Waals surface area contributed by atoms with Gasteiger partial charge in [0.05, 0.1) is 43.6 Å². The number of pyridine rings is 1. The normalized spacial score (nSPS) is 26.9. The standard InChI is InChI=1S/C33H46N6O3/c1-21-7-6-8-28(24(21)4)34-18-26-17-25(9-12-30(26)40-5)29-11-10-27-31(35-29)36-33(39-19-22(2)42-23(3)20-39)37-32(27)38-13-15-41-16-14-38/h9-12,17,21-24,28,34H,6-8,13-16,18-20H2,1-5H3/t21?,22-,23+,24?,28?. The van der Waals surface area contributed by atoms with E-state index in [1.54, 1.807) is 7.11 Å².